The third kappa shape index (κ3) is 3.34. The van der Waals surface area contributed by atoms with Gasteiger partial charge in [-0.3, -0.25) is 0 Å². The van der Waals surface area contributed by atoms with Gasteiger partial charge in [-0.2, -0.15) is 0 Å². The Morgan fingerprint density at radius 2 is 1.47 bits per heavy atom. The minimum Gasteiger partial charge on any atom is -0.393 e. The number of aliphatic hydroxyl groups excluding tert-OH is 2. The molecule has 0 amide bonds. The highest BCUT2D eigenvalue weighted by Crippen LogP contribution is 2.56. The van der Waals surface area contributed by atoms with Crippen molar-refractivity contribution in [1.29, 1.82) is 0 Å². The highest BCUT2D eigenvalue weighted by atomic mass is 31.1. The van der Waals surface area contributed by atoms with Crippen LogP contribution in [0.3, 0.4) is 0 Å². The molecule has 0 aromatic carbocycles. The number of hydrogen-bond donors (Lipinski definition) is 2. The fraction of sp³-hybridized carbons (Fsp3) is 1.00. The van der Waals surface area contributed by atoms with E-state index in [0.717, 1.165) is 34.3 Å². The first-order chi connectivity index (χ1) is 9.12. The molecule has 2 saturated carbocycles. The molecule has 5 unspecified atom stereocenters. The highest BCUT2D eigenvalue weighted by Gasteiger charge is 2.47. The second kappa shape index (κ2) is 6.87. The maximum Gasteiger partial charge on any atom is 0.0543 e. The molecule has 0 aromatic rings. The normalized spacial score (nSPS) is 39.2. The van der Waals surface area contributed by atoms with Crippen LogP contribution in [0.5, 0.6) is 0 Å². The monoisotopic (exact) mass is 286 g/mol. The smallest absolute Gasteiger partial charge is 0.0543 e. The Labute approximate surface area is 120 Å². The quantitative estimate of drug-likeness (QED) is 0.733. The summed E-state index contributed by atoms with van der Waals surface area (Å²) in [6.45, 7) is 4.62. The zero-order valence-electron chi connectivity index (χ0n) is 12.6. The van der Waals surface area contributed by atoms with Crippen molar-refractivity contribution in [2.75, 3.05) is 6.16 Å². The van der Waals surface area contributed by atoms with Crippen LogP contribution in [0.4, 0.5) is 0 Å². The van der Waals surface area contributed by atoms with Crippen LogP contribution in [-0.2, 0) is 0 Å². The molecule has 2 aliphatic rings. The Morgan fingerprint density at radius 1 is 0.947 bits per heavy atom. The van der Waals surface area contributed by atoms with Crippen molar-refractivity contribution >= 4 is 8.58 Å². The first kappa shape index (κ1) is 15.7. The molecule has 0 heterocycles. The van der Waals surface area contributed by atoms with Crippen molar-refractivity contribution in [1.82, 2.24) is 0 Å². The van der Waals surface area contributed by atoms with Gasteiger partial charge in [0.15, 0.2) is 0 Å². The van der Waals surface area contributed by atoms with E-state index in [-0.39, 0.29) is 12.2 Å². The molecule has 0 spiro atoms. The van der Waals surface area contributed by atoms with Gasteiger partial charge >= 0.3 is 0 Å². The lowest BCUT2D eigenvalue weighted by atomic mass is 9.76. The molecule has 0 aromatic heterocycles. The van der Waals surface area contributed by atoms with Crippen LogP contribution in [0, 0.1) is 11.8 Å². The molecule has 2 fully saturated rings. The standard InChI is InChI=1S/C16H31O2P/c1-3-9-19-16(4-2,12-5-7-14(17)10-12)13-6-8-15(18)11-13/h12-15,17-19H,3-11H2,1-2H3/t12?,13?,14-,15?,16?/m0/s1. The second-order valence-corrected chi connectivity index (χ2v) is 8.43. The SMILES string of the molecule is CCCPC(CC)(C1CCC(O)C1)C1CC[C@H](O)C1. The first-order valence-electron chi connectivity index (χ1n) is 8.23. The van der Waals surface area contributed by atoms with E-state index in [2.05, 4.69) is 13.8 Å². The first-order valence-corrected chi connectivity index (χ1v) is 9.44. The zero-order chi connectivity index (χ0) is 13.9. The Balaban J connectivity index is 2.14. The van der Waals surface area contributed by atoms with Gasteiger partial charge in [-0.25, -0.2) is 0 Å². The van der Waals surface area contributed by atoms with Gasteiger partial charge in [0, 0.05) is 0 Å². The lowest BCUT2D eigenvalue weighted by Crippen LogP contribution is -2.39. The van der Waals surface area contributed by atoms with Crippen molar-refractivity contribution in [3.63, 3.8) is 0 Å². The van der Waals surface area contributed by atoms with Gasteiger partial charge in [-0.15, -0.1) is 8.58 Å². The van der Waals surface area contributed by atoms with Gasteiger partial charge < -0.3 is 10.2 Å². The van der Waals surface area contributed by atoms with E-state index in [9.17, 15) is 10.2 Å². The van der Waals surface area contributed by atoms with Crippen LogP contribution in [0.2, 0.25) is 0 Å². The molecular weight excluding hydrogens is 255 g/mol. The minimum atomic E-state index is -0.0614. The van der Waals surface area contributed by atoms with Crippen LogP contribution < -0.4 is 0 Å². The van der Waals surface area contributed by atoms with Gasteiger partial charge in [0.1, 0.15) is 0 Å². The summed E-state index contributed by atoms with van der Waals surface area (Å²) < 4.78 is 0. The average Bonchev–Trinajstić information content (AvgIpc) is 3.01. The Morgan fingerprint density at radius 3 is 1.79 bits per heavy atom. The third-order valence-electron chi connectivity index (χ3n) is 5.56. The van der Waals surface area contributed by atoms with Crippen LogP contribution in [-0.4, -0.2) is 33.7 Å². The zero-order valence-corrected chi connectivity index (χ0v) is 13.6. The third-order valence-corrected chi connectivity index (χ3v) is 8.13. The van der Waals surface area contributed by atoms with Crippen LogP contribution in [0.25, 0.3) is 0 Å². The van der Waals surface area contributed by atoms with Crippen molar-refractivity contribution in [3.8, 4) is 0 Å². The molecule has 6 atom stereocenters. The van der Waals surface area contributed by atoms with Gasteiger partial charge in [0.05, 0.1) is 12.2 Å². The van der Waals surface area contributed by atoms with E-state index in [0.29, 0.717) is 17.0 Å². The molecule has 19 heavy (non-hydrogen) atoms. The van der Waals surface area contributed by atoms with Crippen LogP contribution in [0.1, 0.15) is 65.2 Å². The van der Waals surface area contributed by atoms with E-state index in [1.807, 2.05) is 0 Å². The van der Waals surface area contributed by atoms with Crippen molar-refractivity contribution in [3.05, 3.63) is 0 Å². The molecule has 112 valence electrons. The van der Waals surface area contributed by atoms with Crippen molar-refractivity contribution in [2.24, 2.45) is 11.8 Å². The van der Waals surface area contributed by atoms with E-state index in [1.54, 1.807) is 0 Å². The summed E-state index contributed by atoms with van der Waals surface area (Å²) in [5.41, 5.74) is 0. The summed E-state index contributed by atoms with van der Waals surface area (Å²) in [5.74, 6) is 1.40. The lowest BCUT2D eigenvalue weighted by Gasteiger charge is -2.44. The lowest BCUT2D eigenvalue weighted by molar-refractivity contribution is 0.153. The summed E-state index contributed by atoms with van der Waals surface area (Å²) in [7, 11) is 1.02. The van der Waals surface area contributed by atoms with Gasteiger partial charge in [-0.1, -0.05) is 20.3 Å². The van der Waals surface area contributed by atoms with Gasteiger partial charge in [0.2, 0.25) is 0 Å². The molecule has 2 aliphatic carbocycles. The molecule has 2 nitrogen and oxygen atoms in total. The molecule has 0 saturated heterocycles. The Bertz CT molecular complexity index is 262. The highest BCUT2D eigenvalue weighted by molar-refractivity contribution is 7.40. The van der Waals surface area contributed by atoms with E-state index in [4.69, 9.17) is 0 Å². The maximum absolute atomic E-state index is 9.93. The minimum absolute atomic E-state index is 0.0614. The number of hydrogen-bond acceptors (Lipinski definition) is 2. The molecular formula is C16H31O2P. The molecule has 3 heteroatoms. The van der Waals surface area contributed by atoms with E-state index >= 15 is 0 Å². The molecule has 2 N–H and O–H groups in total. The summed E-state index contributed by atoms with van der Waals surface area (Å²) >= 11 is 0. The summed E-state index contributed by atoms with van der Waals surface area (Å²) in [4.78, 5) is 0. The van der Waals surface area contributed by atoms with Crippen LogP contribution >= 0.6 is 8.58 Å². The average molecular weight is 286 g/mol. The van der Waals surface area contributed by atoms with E-state index in [1.165, 1.54) is 31.8 Å². The molecule has 0 radical (unpaired) electrons. The molecule has 0 aliphatic heterocycles. The molecule has 2 rings (SSSR count). The molecule has 0 bridgehead atoms. The van der Waals surface area contributed by atoms with Gasteiger partial charge in [0.25, 0.3) is 0 Å². The maximum atomic E-state index is 9.93. The predicted octanol–water partition coefficient (Wildman–Crippen LogP) is 3.55. The van der Waals surface area contributed by atoms with E-state index < -0.39 is 0 Å². The Hall–Kier alpha value is 0.350. The second-order valence-electron chi connectivity index (χ2n) is 6.65. The Kier molecular flexibility index (Phi) is 5.69. The largest absolute Gasteiger partial charge is 0.393 e. The fourth-order valence-electron chi connectivity index (χ4n) is 4.53. The predicted molar refractivity (Wildman–Crippen MR) is 83.2 cm³/mol. The summed E-state index contributed by atoms with van der Waals surface area (Å²) in [6, 6.07) is 0. The number of rotatable bonds is 6. The number of aliphatic hydroxyl groups is 2. The summed E-state index contributed by atoms with van der Waals surface area (Å²) in [6.07, 6.45) is 10.1. The topological polar surface area (TPSA) is 40.5 Å². The summed E-state index contributed by atoms with van der Waals surface area (Å²) in [5, 5.41) is 20.3. The van der Waals surface area contributed by atoms with Gasteiger partial charge in [-0.05, 0) is 68.1 Å². The van der Waals surface area contributed by atoms with Crippen LogP contribution in [0.15, 0.2) is 0 Å². The van der Waals surface area contributed by atoms with Crippen molar-refractivity contribution in [2.45, 2.75) is 82.6 Å². The fourth-order valence-corrected chi connectivity index (χ4v) is 6.60. The van der Waals surface area contributed by atoms with Crippen molar-refractivity contribution < 1.29 is 10.2 Å².